The average molecular weight is 342 g/mol. The van der Waals surface area contributed by atoms with Crippen LogP contribution in [0.15, 0.2) is 35.2 Å². The Bertz CT molecular complexity index is 629. The molecule has 23 heavy (non-hydrogen) atoms. The van der Waals surface area contributed by atoms with Crippen molar-refractivity contribution in [1.29, 1.82) is 0 Å². The van der Waals surface area contributed by atoms with Gasteiger partial charge in [0.05, 0.1) is 4.90 Å². The highest BCUT2D eigenvalue weighted by atomic mass is 32.2. The highest BCUT2D eigenvalue weighted by molar-refractivity contribution is 7.89. The fourth-order valence-corrected chi connectivity index (χ4v) is 2.99. The van der Waals surface area contributed by atoms with Gasteiger partial charge in [-0.3, -0.25) is 4.79 Å². The second-order valence-electron chi connectivity index (χ2n) is 5.55. The highest BCUT2D eigenvalue weighted by Crippen LogP contribution is 2.07. The molecule has 0 radical (unpaired) electrons. The zero-order valence-corrected chi connectivity index (χ0v) is 14.0. The molecule has 0 bridgehead atoms. The molecule has 0 spiro atoms. The Labute approximate surface area is 136 Å². The maximum atomic E-state index is 12.0. The molecule has 1 aromatic rings. The number of benzene rings is 1. The van der Waals surface area contributed by atoms with E-state index in [9.17, 15) is 18.0 Å². The van der Waals surface area contributed by atoms with Crippen LogP contribution in [0.1, 0.15) is 26.7 Å². The van der Waals surface area contributed by atoms with Crippen LogP contribution < -0.4 is 10.0 Å². The Kier molecular flexibility index (Phi) is 7.18. The molecule has 8 heteroatoms. The molecule has 1 aromatic carbocycles. The molecule has 0 aliphatic carbocycles. The van der Waals surface area contributed by atoms with E-state index in [4.69, 9.17) is 5.11 Å². The minimum Gasteiger partial charge on any atom is -0.480 e. The summed E-state index contributed by atoms with van der Waals surface area (Å²) in [5.74, 6) is -1.49. The number of nitrogens with one attached hydrogen (secondary N) is 2. The number of carbonyl (C=O) groups is 2. The lowest BCUT2D eigenvalue weighted by atomic mass is 10.0. The van der Waals surface area contributed by atoms with Gasteiger partial charge in [0.15, 0.2) is 0 Å². The summed E-state index contributed by atoms with van der Waals surface area (Å²) in [6.07, 6.45) is 0.185. The second kappa shape index (κ2) is 8.64. The molecular formula is C15H22N2O5S. The van der Waals surface area contributed by atoms with Crippen molar-refractivity contribution in [1.82, 2.24) is 10.0 Å². The first-order valence-corrected chi connectivity index (χ1v) is 8.77. The van der Waals surface area contributed by atoms with Crippen molar-refractivity contribution in [2.24, 2.45) is 5.92 Å². The summed E-state index contributed by atoms with van der Waals surface area (Å²) < 4.78 is 26.2. The maximum absolute atomic E-state index is 12.0. The van der Waals surface area contributed by atoms with Gasteiger partial charge in [0.1, 0.15) is 6.04 Å². The van der Waals surface area contributed by atoms with E-state index >= 15 is 0 Å². The standard InChI is InChI=1S/C15H22N2O5S/c1-11(2)10-13(15(19)20)17-14(18)8-9-16-23(21,22)12-6-4-3-5-7-12/h3-7,11,13,16H,8-10H2,1-2H3,(H,17,18)(H,19,20)/t13-/m0/s1. The van der Waals surface area contributed by atoms with E-state index in [0.29, 0.717) is 6.42 Å². The zero-order valence-electron chi connectivity index (χ0n) is 13.2. The molecule has 1 atom stereocenters. The molecule has 0 aromatic heterocycles. The molecule has 3 N–H and O–H groups in total. The Hall–Kier alpha value is -1.93. The zero-order chi connectivity index (χ0) is 17.5. The van der Waals surface area contributed by atoms with Crippen LogP contribution in [0.4, 0.5) is 0 Å². The number of rotatable bonds is 9. The summed E-state index contributed by atoms with van der Waals surface area (Å²) in [6, 6.07) is 6.84. The van der Waals surface area contributed by atoms with Crippen molar-refractivity contribution >= 4 is 21.9 Å². The van der Waals surface area contributed by atoms with Crippen LogP contribution in [0.25, 0.3) is 0 Å². The van der Waals surface area contributed by atoms with Crippen molar-refractivity contribution in [3.05, 3.63) is 30.3 Å². The number of amides is 1. The summed E-state index contributed by atoms with van der Waals surface area (Å²) in [5.41, 5.74) is 0. The van der Waals surface area contributed by atoms with E-state index in [-0.39, 0.29) is 23.8 Å². The molecule has 1 amide bonds. The third-order valence-electron chi connectivity index (χ3n) is 3.04. The predicted octanol–water partition coefficient (Wildman–Crippen LogP) is 0.970. The largest absolute Gasteiger partial charge is 0.480 e. The summed E-state index contributed by atoms with van der Waals surface area (Å²) in [5, 5.41) is 11.4. The molecule has 0 aliphatic rings. The normalized spacial score (nSPS) is 12.8. The van der Waals surface area contributed by atoms with Gasteiger partial charge in [-0.2, -0.15) is 0 Å². The highest BCUT2D eigenvalue weighted by Gasteiger charge is 2.21. The van der Waals surface area contributed by atoms with E-state index in [1.54, 1.807) is 18.2 Å². The van der Waals surface area contributed by atoms with Gasteiger partial charge < -0.3 is 10.4 Å². The molecule has 0 aliphatic heterocycles. The Balaban J connectivity index is 2.49. The number of sulfonamides is 1. The van der Waals surface area contributed by atoms with Gasteiger partial charge >= 0.3 is 5.97 Å². The van der Waals surface area contributed by atoms with Crippen LogP contribution in [0.2, 0.25) is 0 Å². The number of hydrogen-bond acceptors (Lipinski definition) is 4. The minimum absolute atomic E-state index is 0.100. The molecule has 0 saturated heterocycles. The van der Waals surface area contributed by atoms with Crippen molar-refractivity contribution < 1.29 is 23.1 Å². The first-order chi connectivity index (χ1) is 10.7. The van der Waals surface area contributed by atoms with E-state index in [0.717, 1.165) is 0 Å². The van der Waals surface area contributed by atoms with Gasteiger partial charge in [0.2, 0.25) is 15.9 Å². The third-order valence-corrected chi connectivity index (χ3v) is 4.52. The number of hydrogen-bond donors (Lipinski definition) is 3. The minimum atomic E-state index is -3.67. The van der Waals surface area contributed by atoms with Crippen molar-refractivity contribution in [3.8, 4) is 0 Å². The SMILES string of the molecule is CC(C)C[C@H](NC(=O)CCNS(=O)(=O)c1ccccc1)C(=O)O. The first kappa shape index (κ1) is 19.1. The van der Waals surface area contributed by atoms with Gasteiger partial charge in [0, 0.05) is 13.0 Å². The van der Waals surface area contributed by atoms with E-state index in [2.05, 4.69) is 10.0 Å². The summed E-state index contributed by atoms with van der Waals surface area (Å²) in [7, 11) is -3.67. The van der Waals surface area contributed by atoms with Crippen LogP contribution >= 0.6 is 0 Å². The number of carbonyl (C=O) groups excluding carboxylic acids is 1. The Morgan fingerprint density at radius 2 is 1.78 bits per heavy atom. The number of carboxylic acid groups (broad SMARTS) is 1. The molecule has 7 nitrogen and oxygen atoms in total. The molecule has 1 rings (SSSR count). The van der Waals surface area contributed by atoms with Crippen LogP contribution in [0.3, 0.4) is 0 Å². The monoisotopic (exact) mass is 342 g/mol. The van der Waals surface area contributed by atoms with Gasteiger partial charge in [0.25, 0.3) is 0 Å². The molecule has 128 valence electrons. The summed E-state index contributed by atoms with van der Waals surface area (Å²) in [6.45, 7) is 3.61. The van der Waals surface area contributed by atoms with Gasteiger partial charge in [-0.25, -0.2) is 17.9 Å². The number of carboxylic acids is 1. The molecular weight excluding hydrogens is 320 g/mol. The van der Waals surface area contributed by atoms with Gasteiger partial charge in [-0.1, -0.05) is 32.0 Å². The third kappa shape index (κ3) is 6.79. The van der Waals surface area contributed by atoms with Crippen molar-refractivity contribution in [2.45, 2.75) is 37.6 Å². The van der Waals surface area contributed by atoms with E-state index in [1.807, 2.05) is 13.8 Å². The van der Waals surface area contributed by atoms with Crippen LogP contribution in [-0.2, 0) is 19.6 Å². The maximum Gasteiger partial charge on any atom is 0.326 e. The fraction of sp³-hybridized carbons (Fsp3) is 0.467. The first-order valence-electron chi connectivity index (χ1n) is 7.29. The Morgan fingerprint density at radius 1 is 1.17 bits per heavy atom. The quantitative estimate of drug-likeness (QED) is 0.619. The van der Waals surface area contributed by atoms with Crippen molar-refractivity contribution in [2.75, 3.05) is 6.54 Å². The molecule has 0 unspecified atom stereocenters. The smallest absolute Gasteiger partial charge is 0.326 e. The van der Waals surface area contributed by atoms with Gasteiger partial charge in [-0.05, 0) is 24.5 Å². The summed E-state index contributed by atoms with van der Waals surface area (Å²) in [4.78, 5) is 22.9. The molecule has 0 heterocycles. The van der Waals surface area contributed by atoms with Crippen LogP contribution in [-0.4, -0.2) is 38.0 Å². The Morgan fingerprint density at radius 3 is 2.30 bits per heavy atom. The van der Waals surface area contributed by atoms with Crippen LogP contribution in [0.5, 0.6) is 0 Å². The predicted molar refractivity (Wildman–Crippen MR) is 85.3 cm³/mol. The molecule has 0 fully saturated rings. The average Bonchev–Trinajstić information content (AvgIpc) is 2.46. The topological polar surface area (TPSA) is 113 Å². The van der Waals surface area contributed by atoms with Crippen molar-refractivity contribution in [3.63, 3.8) is 0 Å². The molecule has 0 saturated carbocycles. The van der Waals surface area contributed by atoms with E-state index < -0.39 is 27.9 Å². The lowest BCUT2D eigenvalue weighted by molar-refractivity contribution is -0.142. The lowest BCUT2D eigenvalue weighted by Gasteiger charge is -2.16. The van der Waals surface area contributed by atoms with E-state index in [1.165, 1.54) is 12.1 Å². The summed E-state index contributed by atoms with van der Waals surface area (Å²) >= 11 is 0. The van der Waals surface area contributed by atoms with Crippen LogP contribution in [0, 0.1) is 5.92 Å². The fourth-order valence-electron chi connectivity index (χ4n) is 1.94. The lowest BCUT2D eigenvalue weighted by Crippen LogP contribution is -2.42. The second-order valence-corrected chi connectivity index (χ2v) is 7.32. The number of aliphatic carboxylic acids is 1. The van der Waals surface area contributed by atoms with Gasteiger partial charge in [-0.15, -0.1) is 0 Å².